The van der Waals surface area contributed by atoms with Crippen molar-refractivity contribution in [1.29, 1.82) is 0 Å². The van der Waals surface area contributed by atoms with E-state index in [9.17, 15) is 0 Å². The number of hydrogen-bond donors (Lipinski definition) is 0. The summed E-state index contributed by atoms with van der Waals surface area (Å²) in [5, 5.41) is 2.75. The van der Waals surface area contributed by atoms with Crippen molar-refractivity contribution in [2.75, 3.05) is 0 Å². The van der Waals surface area contributed by atoms with Gasteiger partial charge in [-0.1, -0.05) is 48.6 Å². The van der Waals surface area contributed by atoms with Crippen LogP contribution in [0.25, 0.3) is 22.9 Å². The summed E-state index contributed by atoms with van der Waals surface area (Å²) < 4.78 is 0. The Morgan fingerprint density at radius 3 is 1.77 bits per heavy atom. The molecule has 2 aromatic carbocycles. The third-order valence-electron chi connectivity index (χ3n) is 2.41. The molecule has 2 aromatic rings. The fraction of sp³-hybridized carbons (Fsp3) is 0. The minimum absolute atomic E-state index is 0. The van der Waals surface area contributed by atoms with E-state index in [1.54, 1.807) is 0 Å². The van der Waals surface area contributed by atoms with Gasteiger partial charge in [-0.3, -0.25) is 0 Å². The average molecular weight is 242 g/mol. The molecule has 3 rings (SSSR count). The Balaban J connectivity index is 0.000000653. The van der Waals surface area contributed by atoms with Crippen LogP contribution in [0.15, 0.2) is 36.4 Å². The van der Waals surface area contributed by atoms with E-state index in [1.165, 1.54) is 21.9 Å². The van der Waals surface area contributed by atoms with E-state index in [-0.39, 0.29) is 45.5 Å². The molecule has 0 heterocycles. The standard InChI is InChI=1S/C12H8.Sr.2H/c1-3-9-4-2-6-11-8-7-10(5-1)12(9)11;;;/h1-8H;;;. The predicted molar refractivity (Wildman–Crippen MR) is 61.4 cm³/mol. The number of benzene rings is 2. The molecular weight excluding hydrogens is 232 g/mol. The molecular formula is C12H10Sr. The van der Waals surface area contributed by atoms with Crippen LogP contribution in [0, 0.1) is 0 Å². The first-order chi connectivity index (χ1) is 5.95. The summed E-state index contributed by atoms with van der Waals surface area (Å²) >= 11 is 0. The quantitative estimate of drug-likeness (QED) is 0.531. The molecule has 0 atom stereocenters. The molecule has 0 bridgehead atoms. The summed E-state index contributed by atoms with van der Waals surface area (Å²) in [6.45, 7) is 0. The van der Waals surface area contributed by atoms with Gasteiger partial charge in [0, 0.05) is 0 Å². The molecule has 60 valence electrons. The third-order valence-corrected chi connectivity index (χ3v) is 2.41. The van der Waals surface area contributed by atoms with E-state index < -0.39 is 0 Å². The Labute approximate surface area is 115 Å². The maximum absolute atomic E-state index is 2.18. The second-order valence-corrected chi connectivity index (χ2v) is 3.13. The van der Waals surface area contributed by atoms with Gasteiger partial charge in [-0.05, 0) is 21.9 Å². The van der Waals surface area contributed by atoms with Crippen LogP contribution in [0.4, 0.5) is 0 Å². The molecule has 1 aliphatic rings. The van der Waals surface area contributed by atoms with E-state index in [0.717, 1.165) is 0 Å². The van der Waals surface area contributed by atoms with Crippen LogP contribution >= 0.6 is 0 Å². The molecule has 0 saturated heterocycles. The zero-order chi connectivity index (χ0) is 7.97. The summed E-state index contributed by atoms with van der Waals surface area (Å²) in [5.41, 5.74) is 2.70. The van der Waals surface area contributed by atoms with Gasteiger partial charge in [-0.2, -0.15) is 0 Å². The minimum atomic E-state index is 0. The molecule has 1 heteroatoms. The second kappa shape index (κ2) is 3.58. The van der Waals surface area contributed by atoms with E-state index >= 15 is 0 Å². The van der Waals surface area contributed by atoms with Crippen molar-refractivity contribution >= 4 is 68.4 Å². The molecule has 0 fully saturated rings. The average Bonchev–Trinajstić information content (AvgIpc) is 2.52. The van der Waals surface area contributed by atoms with Gasteiger partial charge in [-0.25, -0.2) is 0 Å². The van der Waals surface area contributed by atoms with Gasteiger partial charge in [0.25, 0.3) is 0 Å². The molecule has 0 radical (unpaired) electrons. The van der Waals surface area contributed by atoms with E-state index in [2.05, 4.69) is 48.6 Å². The molecule has 0 nitrogen and oxygen atoms in total. The van der Waals surface area contributed by atoms with Crippen LogP contribution in [0.2, 0.25) is 0 Å². The van der Waals surface area contributed by atoms with Crippen LogP contribution in [0.5, 0.6) is 0 Å². The zero-order valence-electron chi connectivity index (χ0n) is 6.62. The van der Waals surface area contributed by atoms with Crippen LogP contribution < -0.4 is 0 Å². The second-order valence-electron chi connectivity index (χ2n) is 3.13. The Morgan fingerprint density at radius 2 is 1.23 bits per heavy atom. The van der Waals surface area contributed by atoms with E-state index in [1.807, 2.05) is 0 Å². The Bertz CT molecular complexity index is 443. The van der Waals surface area contributed by atoms with Crippen LogP contribution in [0.1, 0.15) is 11.1 Å². The fourth-order valence-corrected chi connectivity index (χ4v) is 1.86. The van der Waals surface area contributed by atoms with Crippen molar-refractivity contribution < 1.29 is 0 Å². The molecule has 0 spiro atoms. The van der Waals surface area contributed by atoms with Crippen LogP contribution in [0.3, 0.4) is 0 Å². The Hall–Kier alpha value is -0.0795. The van der Waals surface area contributed by atoms with E-state index in [0.29, 0.717) is 0 Å². The molecule has 13 heavy (non-hydrogen) atoms. The van der Waals surface area contributed by atoms with Gasteiger partial charge in [0.15, 0.2) is 0 Å². The van der Waals surface area contributed by atoms with Gasteiger partial charge in [0.05, 0.1) is 0 Å². The first kappa shape index (κ1) is 9.47. The summed E-state index contributed by atoms with van der Waals surface area (Å²) in [6, 6.07) is 12.9. The molecule has 1 aliphatic carbocycles. The summed E-state index contributed by atoms with van der Waals surface area (Å²) in [7, 11) is 0. The zero-order valence-corrected chi connectivity index (χ0v) is 6.62. The number of hydrogen-bond acceptors (Lipinski definition) is 0. The summed E-state index contributed by atoms with van der Waals surface area (Å²) in [5.74, 6) is 0. The Kier molecular flexibility index (Phi) is 2.61. The summed E-state index contributed by atoms with van der Waals surface area (Å²) in [4.78, 5) is 0. The monoisotopic (exact) mass is 242 g/mol. The first-order valence-corrected chi connectivity index (χ1v) is 4.15. The van der Waals surface area contributed by atoms with Crippen molar-refractivity contribution in [3.05, 3.63) is 47.5 Å². The maximum atomic E-state index is 2.18. The Morgan fingerprint density at radius 1 is 0.692 bits per heavy atom. The van der Waals surface area contributed by atoms with Gasteiger partial charge in [-0.15, -0.1) is 0 Å². The SMILES string of the molecule is C1=Cc2cccc3cccc1c23.[SrH2]. The van der Waals surface area contributed by atoms with Crippen molar-refractivity contribution in [2.24, 2.45) is 0 Å². The van der Waals surface area contributed by atoms with Crippen molar-refractivity contribution in [1.82, 2.24) is 0 Å². The molecule has 0 N–H and O–H groups in total. The van der Waals surface area contributed by atoms with Gasteiger partial charge in [0.1, 0.15) is 0 Å². The normalized spacial score (nSPS) is 11.7. The van der Waals surface area contributed by atoms with Crippen molar-refractivity contribution in [2.45, 2.75) is 0 Å². The third kappa shape index (κ3) is 1.40. The predicted octanol–water partition coefficient (Wildman–Crippen LogP) is 2.41. The molecule has 0 aliphatic heterocycles. The van der Waals surface area contributed by atoms with Gasteiger partial charge < -0.3 is 0 Å². The molecule has 0 saturated carbocycles. The van der Waals surface area contributed by atoms with Crippen LogP contribution in [-0.2, 0) is 0 Å². The van der Waals surface area contributed by atoms with Gasteiger partial charge in [0.2, 0.25) is 0 Å². The van der Waals surface area contributed by atoms with E-state index in [4.69, 9.17) is 0 Å². The van der Waals surface area contributed by atoms with Crippen LogP contribution in [-0.4, -0.2) is 45.5 Å². The van der Waals surface area contributed by atoms with Crippen molar-refractivity contribution in [3.8, 4) is 0 Å². The topological polar surface area (TPSA) is 0 Å². The fourth-order valence-electron chi connectivity index (χ4n) is 1.86. The van der Waals surface area contributed by atoms with Gasteiger partial charge >= 0.3 is 45.5 Å². The first-order valence-electron chi connectivity index (χ1n) is 4.15. The molecule has 0 amide bonds. The molecule has 0 aromatic heterocycles. The molecule has 0 unspecified atom stereocenters. The number of rotatable bonds is 0. The van der Waals surface area contributed by atoms with Crippen molar-refractivity contribution in [3.63, 3.8) is 0 Å². The summed E-state index contributed by atoms with van der Waals surface area (Å²) in [6.07, 6.45) is 4.36.